The van der Waals surface area contributed by atoms with Gasteiger partial charge in [-0.25, -0.2) is 5.43 Å². The Morgan fingerprint density at radius 3 is 2.43 bits per heavy atom. The molecule has 4 nitrogen and oxygen atoms in total. The Morgan fingerprint density at radius 2 is 1.70 bits per heavy atom. The van der Waals surface area contributed by atoms with E-state index in [9.17, 15) is 4.79 Å². The fourth-order valence-corrected chi connectivity index (χ4v) is 3.64. The lowest BCUT2D eigenvalue weighted by Gasteiger charge is -2.09. The number of carbonyl (C=O) groups is 1. The Kier molecular flexibility index (Phi) is 5.48. The molecule has 30 heavy (non-hydrogen) atoms. The molecular weight excluding hydrogens is 370 g/mol. The second-order valence-electron chi connectivity index (χ2n) is 7.62. The SMILES string of the molecule is Cc1ccc(/C=N\NC(=O)c2ccc3c(c2)c(C)c(C)n3Cc2ccccc2)cc1. The first-order valence-corrected chi connectivity index (χ1v) is 10.1. The highest BCUT2D eigenvalue weighted by atomic mass is 16.2. The topological polar surface area (TPSA) is 46.4 Å². The summed E-state index contributed by atoms with van der Waals surface area (Å²) < 4.78 is 2.30. The van der Waals surface area contributed by atoms with Crippen LogP contribution >= 0.6 is 0 Å². The van der Waals surface area contributed by atoms with Crippen molar-refractivity contribution < 1.29 is 4.79 Å². The molecule has 0 aliphatic rings. The lowest BCUT2D eigenvalue weighted by Crippen LogP contribution is -2.17. The maximum atomic E-state index is 12.6. The van der Waals surface area contributed by atoms with E-state index in [1.807, 2.05) is 55.5 Å². The average Bonchev–Trinajstić information content (AvgIpc) is 3.00. The predicted octanol–water partition coefficient (Wildman–Crippen LogP) is 5.38. The molecule has 1 amide bonds. The summed E-state index contributed by atoms with van der Waals surface area (Å²) in [6, 6.07) is 24.2. The second-order valence-corrected chi connectivity index (χ2v) is 7.62. The van der Waals surface area contributed by atoms with Crippen molar-refractivity contribution in [3.8, 4) is 0 Å². The van der Waals surface area contributed by atoms with Gasteiger partial charge in [0.2, 0.25) is 0 Å². The number of rotatable bonds is 5. The zero-order valence-corrected chi connectivity index (χ0v) is 17.5. The summed E-state index contributed by atoms with van der Waals surface area (Å²) in [5.74, 6) is -0.215. The summed E-state index contributed by atoms with van der Waals surface area (Å²) in [6.45, 7) is 7.08. The first-order chi connectivity index (χ1) is 14.5. The lowest BCUT2D eigenvalue weighted by molar-refractivity contribution is 0.0955. The van der Waals surface area contributed by atoms with Crippen LogP contribution in [0.15, 0.2) is 77.9 Å². The Labute approximate surface area is 176 Å². The molecule has 1 N–H and O–H groups in total. The second kappa shape index (κ2) is 8.37. The van der Waals surface area contributed by atoms with Gasteiger partial charge in [0, 0.05) is 28.7 Å². The Morgan fingerprint density at radius 1 is 0.967 bits per heavy atom. The van der Waals surface area contributed by atoms with E-state index in [1.54, 1.807) is 6.21 Å². The minimum absolute atomic E-state index is 0.215. The molecule has 0 spiro atoms. The molecule has 0 atom stereocenters. The summed E-state index contributed by atoms with van der Waals surface area (Å²) in [5.41, 5.74) is 10.2. The van der Waals surface area contributed by atoms with Crippen LogP contribution < -0.4 is 5.43 Å². The maximum absolute atomic E-state index is 12.6. The molecule has 0 aliphatic heterocycles. The zero-order valence-electron chi connectivity index (χ0n) is 17.5. The number of benzene rings is 3. The highest BCUT2D eigenvalue weighted by molar-refractivity contribution is 5.99. The maximum Gasteiger partial charge on any atom is 0.271 e. The van der Waals surface area contributed by atoms with Crippen molar-refractivity contribution in [1.29, 1.82) is 0 Å². The molecule has 150 valence electrons. The largest absolute Gasteiger partial charge is 0.340 e. The number of hydrogen-bond donors (Lipinski definition) is 1. The van der Waals surface area contributed by atoms with E-state index in [0.29, 0.717) is 5.56 Å². The van der Waals surface area contributed by atoms with Crippen molar-refractivity contribution in [2.24, 2.45) is 5.10 Å². The Bertz CT molecular complexity index is 1220. The predicted molar refractivity (Wildman–Crippen MR) is 123 cm³/mol. The van der Waals surface area contributed by atoms with Crippen LogP contribution in [0.3, 0.4) is 0 Å². The number of amides is 1. The fourth-order valence-electron chi connectivity index (χ4n) is 3.64. The molecule has 1 aromatic heterocycles. The van der Waals surface area contributed by atoms with Gasteiger partial charge in [-0.15, -0.1) is 0 Å². The average molecular weight is 396 g/mol. The van der Waals surface area contributed by atoms with Crippen LogP contribution in [0.1, 0.15) is 38.3 Å². The highest BCUT2D eigenvalue weighted by Gasteiger charge is 2.14. The van der Waals surface area contributed by atoms with Crippen LogP contribution in [0.2, 0.25) is 0 Å². The van der Waals surface area contributed by atoms with Crippen LogP contribution in [0.25, 0.3) is 10.9 Å². The van der Waals surface area contributed by atoms with Gasteiger partial charge in [0.1, 0.15) is 0 Å². The van der Waals surface area contributed by atoms with E-state index in [0.717, 1.165) is 23.0 Å². The molecule has 0 saturated carbocycles. The third kappa shape index (κ3) is 4.03. The molecule has 3 aromatic carbocycles. The summed E-state index contributed by atoms with van der Waals surface area (Å²) >= 11 is 0. The molecule has 0 radical (unpaired) electrons. The van der Waals surface area contributed by atoms with Gasteiger partial charge >= 0.3 is 0 Å². The van der Waals surface area contributed by atoms with Gasteiger partial charge in [-0.3, -0.25) is 4.79 Å². The van der Waals surface area contributed by atoms with Gasteiger partial charge in [0.05, 0.1) is 6.21 Å². The molecule has 0 unspecified atom stereocenters. The van der Waals surface area contributed by atoms with Gasteiger partial charge in [-0.05, 0) is 55.7 Å². The summed E-state index contributed by atoms with van der Waals surface area (Å²) in [7, 11) is 0. The number of hydrazone groups is 1. The minimum Gasteiger partial charge on any atom is -0.340 e. The molecule has 4 rings (SSSR count). The first-order valence-electron chi connectivity index (χ1n) is 10.1. The number of fused-ring (bicyclic) bond motifs is 1. The minimum atomic E-state index is -0.215. The standard InChI is InChI=1S/C26H25N3O/c1-18-9-11-21(12-10-18)16-27-28-26(30)23-13-14-25-24(15-23)19(2)20(3)29(25)17-22-7-5-4-6-8-22/h4-16H,17H2,1-3H3,(H,28,30)/b27-16-. The van der Waals surface area contributed by atoms with Crippen LogP contribution in [-0.2, 0) is 6.54 Å². The number of aryl methyl sites for hydroxylation is 2. The van der Waals surface area contributed by atoms with E-state index in [2.05, 4.69) is 53.2 Å². The van der Waals surface area contributed by atoms with Crippen molar-refractivity contribution in [3.63, 3.8) is 0 Å². The van der Waals surface area contributed by atoms with Gasteiger partial charge in [0.15, 0.2) is 0 Å². The van der Waals surface area contributed by atoms with Crippen molar-refractivity contribution in [1.82, 2.24) is 9.99 Å². The van der Waals surface area contributed by atoms with E-state index >= 15 is 0 Å². The number of nitrogens with zero attached hydrogens (tertiary/aromatic N) is 2. The Balaban J connectivity index is 1.56. The summed E-state index contributed by atoms with van der Waals surface area (Å²) in [6.07, 6.45) is 1.65. The number of aromatic nitrogens is 1. The van der Waals surface area contributed by atoms with E-state index in [4.69, 9.17) is 0 Å². The normalized spacial score (nSPS) is 11.3. The van der Waals surface area contributed by atoms with Gasteiger partial charge in [-0.2, -0.15) is 5.10 Å². The van der Waals surface area contributed by atoms with Gasteiger partial charge in [0.25, 0.3) is 5.91 Å². The van der Waals surface area contributed by atoms with Crippen molar-refractivity contribution in [2.75, 3.05) is 0 Å². The molecule has 0 aliphatic carbocycles. The fraction of sp³-hybridized carbons (Fsp3) is 0.154. The zero-order chi connectivity index (χ0) is 21.1. The third-order valence-corrected chi connectivity index (χ3v) is 5.54. The van der Waals surface area contributed by atoms with Crippen molar-refractivity contribution >= 4 is 23.0 Å². The molecule has 0 saturated heterocycles. The van der Waals surface area contributed by atoms with Crippen molar-refractivity contribution in [3.05, 3.63) is 106 Å². The number of carbonyl (C=O) groups excluding carboxylic acids is 1. The van der Waals surface area contributed by atoms with Crippen LogP contribution in [-0.4, -0.2) is 16.7 Å². The number of hydrogen-bond acceptors (Lipinski definition) is 2. The molecule has 0 fully saturated rings. The summed E-state index contributed by atoms with van der Waals surface area (Å²) in [5, 5.41) is 5.19. The molecule has 0 bridgehead atoms. The van der Waals surface area contributed by atoms with Crippen LogP contribution in [0.5, 0.6) is 0 Å². The van der Waals surface area contributed by atoms with E-state index in [1.165, 1.54) is 22.4 Å². The number of nitrogens with one attached hydrogen (secondary N) is 1. The summed E-state index contributed by atoms with van der Waals surface area (Å²) in [4.78, 5) is 12.6. The van der Waals surface area contributed by atoms with Gasteiger partial charge in [-0.1, -0.05) is 60.2 Å². The molecule has 4 aromatic rings. The van der Waals surface area contributed by atoms with E-state index < -0.39 is 0 Å². The molecule has 1 heterocycles. The lowest BCUT2D eigenvalue weighted by atomic mass is 10.1. The monoisotopic (exact) mass is 395 g/mol. The Hall–Kier alpha value is -3.66. The third-order valence-electron chi connectivity index (χ3n) is 5.54. The van der Waals surface area contributed by atoms with E-state index in [-0.39, 0.29) is 5.91 Å². The molecule has 4 heteroatoms. The smallest absolute Gasteiger partial charge is 0.271 e. The quantitative estimate of drug-likeness (QED) is 0.358. The molecular formula is C26H25N3O. The van der Waals surface area contributed by atoms with Crippen LogP contribution in [0, 0.1) is 20.8 Å². The van der Waals surface area contributed by atoms with Crippen LogP contribution in [0.4, 0.5) is 0 Å². The highest BCUT2D eigenvalue weighted by Crippen LogP contribution is 2.27. The van der Waals surface area contributed by atoms with Crippen molar-refractivity contribution in [2.45, 2.75) is 27.3 Å². The van der Waals surface area contributed by atoms with Gasteiger partial charge < -0.3 is 4.57 Å². The first kappa shape index (κ1) is 19.6.